The summed E-state index contributed by atoms with van der Waals surface area (Å²) >= 11 is 0. The van der Waals surface area contributed by atoms with Crippen molar-refractivity contribution in [1.29, 1.82) is 0 Å². The highest BCUT2D eigenvalue weighted by Crippen LogP contribution is 2.48. The van der Waals surface area contributed by atoms with Gasteiger partial charge in [-0.1, -0.05) is 42.0 Å². The Morgan fingerprint density at radius 3 is 2.36 bits per heavy atom. The summed E-state index contributed by atoms with van der Waals surface area (Å²) in [5, 5.41) is 8.58. The zero-order valence-electron chi connectivity index (χ0n) is 22.0. The van der Waals surface area contributed by atoms with E-state index in [2.05, 4.69) is 96.6 Å². The van der Waals surface area contributed by atoms with Crippen LogP contribution in [0.15, 0.2) is 107 Å². The number of fused-ring (bicyclic) bond motifs is 4. The van der Waals surface area contributed by atoms with Crippen molar-refractivity contribution in [3.05, 3.63) is 125 Å². The highest BCUT2D eigenvalue weighted by atomic mass is 15.4. The SMILES string of the molecule is Cc1ccc(-n2nc(C)c3c2N=C2C(Nc4cccc(C)c4)=Nc4ccccc4N2C3c2ccncc2)cc1. The molecule has 0 radical (unpaired) electrons. The molecular formula is C32H27N7. The number of nitrogens with one attached hydrogen (secondary N) is 1. The van der Waals surface area contributed by atoms with Gasteiger partial charge in [-0.3, -0.25) is 4.98 Å². The van der Waals surface area contributed by atoms with Crippen LogP contribution in [0.2, 0.25) is 0 Å². The first kappa shape index (κ1) is 23.1. The van der Waals surface area contributed by atoms with Gasteiger partial charge in [-0.05, 0) is 80.4 Å². The van der Waals surface area contributed by atoms with Gasteiger partial charge in [0.1, 0.15) is 0 Å². The molecule has 0 bridgehead atoms. The third kappa shape index (κ3) is 3.90. The Balaban J connectivity index is 1.49. The highest BCUT2D eigenvalue weighted by Gasteiger charge is 2.41. The van der Waals surface area contributed by atoms with Crippen LogP contribution in [0.5, 0.6) is 0 Å². The topological polar surface area (TPSA) is 70.7 Å². The number of para-hydroxylation sites is 2. The molecule has 7 nitrogen and oxygen atoms in total. The fourth-order valence-electron chi connectivity index (χ4n) is 5.38. The van der Waals surface area contributed by atoms with E-state index in [-0.39, 0.29) is 6.04 Å². The molecule has 0 spiro atoms. The van der Waals surface area contributed by atoms with Crippen molar-refractivity contribution >= 4 is 34.6 Å². The zero-order valence-corrected chi connectivity index (χ0v) is 22.0. The minimum Gasteiger partial charge on any atom is -0.337 e. The maximum Gasteiger partial charge on any atom is 0.179 e. The third-order valence-electron chi connectivity index (χ3n) is 7.22. The van der Waals surface area contributed by atoms with Crippen LogP contribution < -0.4 is 10.2 Å². The number of aryl methyl sites for hydroxylation is 3. The molecular weight excluding hydrogens is 482 g/mol. The molecule has 0 aliphatic carbocycles. The van der Waals surface area contributed by atoms with Gasteiger partial charge in [0.2, 0.25) is 0 Å². The van der Waals surface area contributed by atoms with Gasteiger partial charge in [0.05, 0.1) is 28.8 Å². The second-order valence-corrected chi connectivity index (χ2v) is 10.0. The molecule has 0 fully saturated rings. The standard InChI is InChI=1S/C32H27N7/c1-20-11-13-25(14-12-20)39-31-28(22(3)37-39)29(23-15-17-33-18-16-23)38-27-10-5-4-9-26(27)35-30(32(38)36-31)34-24-8-6-7-21(2)19-24/h4-19,29H,1-3H3,(H,34,35). The lowest BCUT2D eigenvalue weighted by atomic mass is 9.94. The monoisotopic (exact) mass is 509 g/mol. The molecule has 2 aromatic heterocycles. The Bertz CT molecular complexity index is 1760. The van der Waals surface area contributed by atoms with E-state index in [1.807, 2.05) is 41.3 Å². The van der Waals surface area contributed by atoms with E-state index in [1.54, 1.807) is 0 Å². The highest BCUT2D eigenvalue weighted by molar-refractivity contribution is 6.51. The molecule has 4 heterocycles. The number of rotatable bonds is 3. The van der Waals surface area contributed by atoms with Crippen LogP contribution in [0.1, 0.15) is 34.0 Å². The molecule has 2 aliphatic heterocycles. The van der Waals surface area contributed by atoms with Gasteiger partial charge < -0.3 is 10.2 Å². The lowest BCUT2D eigenvalue weighted by Gasteiger charge is -2.40. The predicted octanol–water partition coefficient (Wildman–Crippen LogP) is 6.99. The lowest BCUT2D eigenvalue weighted by molar-refractivity contribution is 0.813. The molecule has 0 saturated carbocycles. The third-order valence-corrected chi connectivity index (χ3v) is 7.22. The number of aromatic nitrogens is 3. The normalized spacial score (nSPS) is 15.6. The molecule has 190 valence electrons. The number of anilines is 2. The Morgan fingerprint density at radius 2 is 1.56 bits per heavy atom. The van der Waals surface area contributed by atoms with Crippen molar-refractivity contribution in [2.45, 2.75) is 26.8 Å². The first-order valence-corrected chi connectivity index (χ1v) is 13.0. The minimum atomic E-state index is -0.166. The van der Waals surface area contributed by atoms with E-state index in [0.29, 0.717) is 5.84 Å². The molecule has 1 unspecified atom stereocenters. The molecule has 7 rings (SSSR count). The summed E-state index contributed by atoms with van der Waals surface area (Å²) in [5.74, 6) is 2.25. The summed E-state index contributed by atoms with van der Waals surface area (Å²) in [5.41, 5.74) is 9.30. The molecule has 3 aromatic carbocycles. The molecule has 5 aromatic rings. The largest absolute Gasteiger partial charge is 0.337 e. The lowest BCUT2D eigenvalue weighted by Crippen LogP contribution is -2.46. The number of pyridine rings is 1. The number of hydrogen-bond acceptors (Lipinski definition) is 6. The maximum absolute atomic E-state index is 5.30. The van der Waals surface area contributed by atoms with Crippen LogP contribution in [-0.4, -0.2) is 26.4 Å². The van der Waals surface area contributed by atoms with Crippen molar-refractivity contribution < 1.29 is 0 Å². The van der Waals surface area contributed by atoms with Gasteiger partial charge in [-0.25, -0.2) is 14.7 Å². The van der Waals surface area contributed by atoms with Gasteiger partial charge in [-0.15, -0.1) is 0 Å². The first-order chi connectivity index (χ1) is 19.1. The fraction of sp³-hybridized carbons (Fsp3) is 0.125. The van der Waals surface area contributed by atoms with Gasteiger partial charge in [0.15, 0.2) is 17.5 Å². The zero-order chi connectivity index (χ0) is 26.5. The average Bonchev–Trinajstić information content (AvgIpc) is 3.29. The van der Waals surface area contributed by atoms with Crippen LogP contribution >= 0.6 is 0 Å². The Morgan fingerprint density at radius 1 is 0.769 bits per heavy atom. The second-order valence-electron chi connectivity index (χ2n) is 10.0. The van der Waals surface area contributed by atoms with Crippen LogP contribution in [0, 0.1) is 20.8 Å². The van der Waals surface area contributed by atoms with Gasteiger partial charge >= 0.3 is 0 Å². The summed E-state index contributed by atoms with van der Waals surface area (Å²) in [6.45, 7) is 6.24. The van der Waals surface area contributed by atoms with E-state index < -0.39 is 0 Å². The summed E-state index contributed by atoms with van der Waals surface area (Å²) < 4.78 is 1.95. The van der Waals surface area contributed by atoms with Crippen molar-refractivity contribution in [3.8, 4) is 5.69 Å². The first-order valence-electron chi connectivity index (χ1n) is 13.0. The molecule has 7 heteroatoms. The molecule has 0 amide bonds. The summed E-state index contributed by atoms with van der Waals surface area (Å²) in [6, 6.07) is 28.9. The van der Waals surface area contributed by atoms with Crippen molar-refractivity contribution in [2.24, 2.45) is 9.98 Å². The molecule has 2 aliphatic rings. The maximum atomic E-state index is 5.30. The quantitative estimate of drug-likeness (QED) is 0.285. The van der Waals surface area contributed by atoms with E-state index >= 15 is 0 Å². The fourth-order valence-corrected chi connectivity index (χ4v) is 5.38. The summed E-state index contributed by atoms with van der Waals surface area (Å²) in [4.78, 5) is 16.9. The number of nitrogens with zero attached hydrogens (tertiary/aromatic N) is 6. The number of amidine groups is 2. The number of aliphatic imine (C=N–C) groups is 2. The van der Waals surface area contributed by atoms with Gasteiger partial charge in [0, 0.05) is 23.6 Å². The number of hydrogen-bond donors (Lipinski definition) is 1. The van der Waals surface area contributed by atoms with Gasteiger partial charge in [-0.2, -0.15) is 5.10 Å². The smallest absolute Gasteiger partial charge is 0.179 e. The molecule has 0 saturated heterocycles. The second kappa shape index (κ2) is 9.06. The van der Waals surface area contributed by atoms with E-state index in [9.17, 15) is 0 Å². The van der Waals surface area contributed by atoms with E-state index in [4.69, 9.17) is 15.1 Å². The van der Waals surface area contributed by atoms with Crippen molar-refractivity contribution in [2.75, 3.05) is 10.2 Å². The Kier molecular flexibility index (Phi) is 5.37. The van der Waals surface area contributed by atoms with Crippen LogP contribution in [0.3, 0.4) is 0 Å². The summed E-state index contributed by atoms with van der Waals surface area (Å²) in [7, 11) is 0. The average molecular weight is 510 g/mol. The molecule has 1 N–H and O–H groups in total. The van der Waals surface area contributed by atoms with Gasteiger partial charge in [0.25, 0.3) is 0 Å². The Hall–Kier alpha value is -5.04. The molecule has 1 atom stereocenters. The van der Waals surface area contributed by atoms with Crippen molar-refractivity contribution in [1.82, 2.24) is 14.8 Å². The van der Waals surface area contributed by atoms with E-state index in [0.717, 1.165) is 51.2 Å². The predicted molar refractivity (Wildman–Crippen MR) is 157 cm³/mol. The number of benzene rings is 3. The molecule has 39 heavy (non-hydrogen) atoms. The summed E-state index contributed by atoms with van der Waals surface area (Å²) in [6.07, 6.45) is 3.69. The van der Waals surface area contributed by atoms with Crippen LogP contribution in [0.4, 0.5) is 22.9 Å². The van der Waals surface area contributed by atoms with Crippen LogP contribution in [-0.2, 0) is 0 Å². The van der Waals surface area contributed by atoms with E-state index in [1.165, 1.54) is 11.1 Å². The van der Waals surface area contributed by atoms with Crippen LogP contribution in [0.25, 0.3) is 5.69 Å². The Labute approximate surface area is 227 Å². The van der Waals surface area contributed by atoms with Crippen molar-refractivity contribution in [3.63, 3.8) is 0 Å². The minimum absolute atomic E-state index is 0.166.